The number of aliphatic hydroxyl groups is 2. The molecule has 0 radical (unpaired) electrons. The Morgan fingerprint density at radius 3 is 2.72 bits per heavy atom. The summed E-state index contributed by atoms with van der Waals surface area (Å²) >= 11 is 0. The van der Waals surface area contributed by atoms with Gasteiger partial charge in [0.1, 0.15) is 35.7 Å². The van der Waals surface area contributed by atoms with Gasteiger partial charge >= 0.3 is 0 Å². The van der Waals surface area contributed by atoms with E-state index in [0.717, 1.165) is 0 Å². The molecule has 2 aromatic rings. The van der Waals surface area contributed by atoms with Crippen molar-refractivity contribution in [3.05, 3.63) is 36.5 Å². The monoisotopic (exact) mass is 641 g/mol. The van der Waals surface area contributed by atoms with E-state index in [2.05, 4.69) is 15.0 Å². The Balaban J connectivity index is 1.08. The number of sulfonamides is 2. The van der Waals surface area contributed by atoms with Gasteiger partial charge in [0.2, 0.25) is 25.9 Å². The number of aliphatic hydroxyl groups excluding tert-OH is 2. The van der Waals surface area contributed by atoms with Gasteiger partial charge in [0.25, 0.3) is 0 Å². The number of piperidine rings is 1. The highest BCUT2D eigenvalue weighted by molar-refractivity contribution is 7.89. The van der Waals surface area contributed by atoms with E-state index < -0.39 is 31.8 Å². The number of likely N-dealkylation sites (N-methyl/N-ethyl adjacent to an activating group) is 1. The first-order chi connectivity index (χ1) is 20.5. The molecule has 238 valence electrons. The van der Waals surface area contributed by atoms with Crippen molar-refractivity contribution in [1.29, 1.82) is 0 Å². The van der Waals surface area contributed by atoms with Gasteiger partial charge in [-0.3, -0.25) is 0 Å². The molecule has 1 aromatic carbocycles. The molecule has 0 amide bonds. The summed E-state index contributed by atoms with van der Waals surface area (Å²) in [6, 6.07) is 7.52. The first-order valence-corrected chi connectivity index (χ1v) is 17.2. The molecule has 1 aromatic heterocycles. The van der Waals surface area contributed by atoms with E-state index >= 15 is 0 Å². The minimum Gasteiger partial charge on any atom is -0.491 e. The number of hydrogen-bond acceptors (Lipinski definition) is 12. The van der Waals surface area contributed by atoms with Gasteiger partial charge in [0.15, 0.2) is 0 Å². The molecular weight excluding hydrogens is 602 g/mol. The summed E-state index contributed by atoms with van der Waals surface area (Å²) < 4.78 is 72.4. The van der Waals surface area contributed by atoms with Gasteiger partial charge in [-0.25, -0.2) is 26.5 Å². The van der Waals surface area contributed by atoms with E-state index in [-0.39, 0.29) is 42.1 Å². The lowest BCUT2D eigenvalue weighted by Crippen LogP contribution is -2.47. The minimum atomic E-state index is -3.77. The van der Waals surface area contributed by atoms with Crippen molar-refractivity contribution >= 4 is 25.7 Å². The quantitative estimate of drug-likeness (QED) is 0.234. The summed E-state index contributed by atoms with van der Waals surface area (Å²) in [6.07, 6.45) is 2.31. The normalized spacial score (nSPS) is 21.4. The second kappa shape index (κ2) is 13.2. The van der Waals surface area contributed by atoms with Crippen LogP contribution in [0.4, 0.5) is 5.69 Å². The fraction of sp³-hybridized carbons (Fsp3) is 0.593. The molecule has 0 bridgehead atoms. The van der Waals surface area contributed by atoms with Gasteiger partial charge in [-0.15, -0.1) is 0 Å². The zero-order chi connectivity index (χ0) is 30.7. The summed E-state index contributed by atoms with van der Waals surface area (Å²) in [5.41, 5.74) is 0.234. The molecule has 1 unspecified atom stereocenters. The number of benzene rings is 1. The van der Waals surface area contributed by atoms with E-state index in [9.17, 15) is 21.9 Å². The highest BCUT2D eigenvalue weighted by Gasteiger charge is 2.45. The Morgan fingerprint density at radius 1 is 1.16 bits per heavy atom. The van der Waals surface area contributed by atoms with Crippen LogP contribution in [0.2, 0.25) is 0 Å². The van der Waals surface area contributed by atoms with Gasteiger partial charge < -0.3 is 34.6 Å². The predicted octanol–water partition coefficient (Wildman–Crippen LogP) is -0.477. The van der Waals surface area contributed by atoms with Crippen LogP contribution >= 0.6 is 0 Å². The second-order valence-corrected chi connectivity index (χ2v) is 14.7. The van der Waals surface area contributed by atoms with Crippen molar-refractivity contribution in [2.75, 3.05) is 71.1 Å². The second-order valence-electron chi connectivity index (χ2n) is 11.0. The van der Waals surface area contributed by atoms with Crippen LogP contribution in [-0.2, 0) is 24.8 Å². The Kier molecular flexibility index (Phi) is 9.77. The molecule has 3 aliphatic rings. The topological polar surface area (TPSA) is 180 Å². The molecule has 4 N–H and O–H groups in total. The molecule has 2 fully saturated rings. The lowest BCUT2D eigenvalue weighted by atomic mass is 9.88. The number of aromatic nitrogens is 1. The van der Waals surface area contributed by atoms with Gasteiger partial charge in [-0.2, -0.15) is 4.31 Å². The largest absolute Gasteiger partial charge is 0.491 e. The summed E-state index contributed by atoms with van der Waals surface area (Å²) in [5.74, 6) is 0.731. The Morgan fingerprint density at radius 2 is 1.95 bits per heavy atom. The van der Waals surface area contributed by atoms with E-state index in [1.165, 1.54) is 28.7 Å². The average molecular weight is 642 g/mol. The lowest BCUT2D eigenvalue weighted by Gasteiger charge is -2.38. The SMILES string of the molecule is CN1CCOc2ncc(S(=O)(=O)N3CCC4(CC3)CC(NC[C@H](O)COc3cccc(S(=O)(=O)NCCO)c3)CO4)cc21. The number of ether oxygens (including phenoxy) is 3. The van der Waals surface area contributed by atoms with Crippen molar-refractivity contribution in [2.24, 2.45) is 0 Å². The summed E-state index contributed by atoms with van der Waals surface area (Å²) in [5, 5.41) is 22.6. The molecule has 14 nitrogen and oxygen atoms in total. The predicted molar refractivity (Wildman–Crippen MR) is 156 cm³/mol. The fourth-order valence-corrected chi connectivity index (χ4v) is 7.97. The number of rotatable bonds is 12. The van der Waals surface area contributed by atoms with Crippen LogP contribution in [0.5, 0.6) is 11.6 Å². The number of nitrogens with one attached hydrogen (secondary N) is 2. The van der Waals surface area contributed by atoms with Crippen LogP contribution in [0, 0.1) is 0 Å². The van der Waals surface area contributed by atoms with Gasteiger partial charge in [-0.1, -0.05) is 6.07 Å². The van der Waals surface area contributed by atoms with E-state index in [0.29, 0.717) is 69.4 Å². The standard InChI is InChI=1S/C27H39N5O9S2/c1-31-10-12-39-26-25(31)14-24(17-29-26)43(37,38)32-8-5-27(6-9-32)15-20(18-41-27)28-16-21(34)19-40-22-3-2-4-23(13-22)42(35,36)30-7-11-33/h2-4,13-14,17,20-21,28,30,33-34H,5-12,15-16,18-19H2,1H3/t20?,21-/m0/s1. The van der Waals surface area contributed by atoms with Gasteiger partial charge in [0.05, 0.1) is 36.5 Å². The smallest absolute Gasteiger partial charge is 0.244 e. The van der Waals surface area contributed by atoms with Crippen molar-refractivity contribution in [1.82, 2.24) is 19.3 Å². The van der Waals surface area contributed by atoms with Crippen LogP contribution in [0.3, 0.4) is 0 Å². The number of anilines is 1. The third-order valence-electron chi connectivity index (χ3n) is 7.97. The zero-order valence-electron chi connectivity index (χ0n) is 24.0. The van der Waals surface area contributed by atoms with Crippen LogP contribution in [0.25, 0.3) is 0 Å². The van der Waals surface area contributed by atoms with Crippen LogP contribution in [-0.4, -0.2) is 120 Å². The maximum Gasteiger partial charge on any atom is 0.244 e. The third-order valence-corrected chi connectivity index (χ3v) is 11.3. The van der Waals surface area contributed by atoms with Crippen LogP contribution in [0.15, 0.2) is 46.3 Å². The Labute approximate surface area is 252 Å². The van der Waals surface area contributed by atoms with E-state index in [4.69, 9.17) is 19.3 Å². The van der Waals surface area contributed by atoms with Gasteiger partial charge in [0, 0.05) is 45.3 Å². The van der Waals surface area contributed by atoms with Crippen molar-refractivity contribution in [3.63, 3.8) is 0 Å². The highest BCUT2D eigenvalue weighted by Crippen LogP contribution is 2.38. The molecule has 43 heavy (non-hydrogen) atoms. The number of nitrogens with zero attached hydrogens (tertiary/aromatic N) is 3. The fourth-order valence-electron chi connectivity index (χ4n) is 5.50. The number of hydrogen-bond donors (Lipinski definition) is 4. The van der Waals surface area contributed by atoms with Gasteiger partial charge in [-0.05, 0) is 37.5 Å². The lowest BCUT2D eigenvalue weighted by molar-refractivity contribution is -0.0312. The van der Waals surface area contributed by atoms with E-state index in [1.807, 2.05) is 11.9 Å². The summed E-state index contributed by atoms with van der Waals surface area (Å²) in [6.45, 7) is 2.06. The zero-order valence-corrected chi connectivity index (χ0v) is 25.6. The molecule has 16 heteroatoms. The molecule has 1 spiro atoms. The molecule has 0 saturated carbocycles. The van der Waals surface area contributed by atoms with E-state index in [1.54, 1.807) is 12.1 Å². The Hall–Kier alpha value is -2.57. The summed E-state index contributed by atoms with van der Waals surface area (Å²) in [7, 11) is -5.61. The van der Waals surface area contributed by atoms with Crippen molar-refractivity contribution < 1.29 is 41.3 Å². The minimum absolute atomic E-state index is 0.000121. The first kappa shape index (κ1) is 31.8. The van der Waals surface area contributed by atoms with Crippen molar-refractivity contribution in [2.45, 2.75) is 46.8 Å². The molecule has 5 rings (SSSR count). The molecule has 4 heterocycles. The maximum absolute atomic E-state index is 13.4. The average Bonchev–Trinajstić information content (AvgIpc) is 3.40. The van der Waals surface area contributed by atoms with Crippen LogP contribution in [0.1, 0.15) is 19.3 Å². The third kappa shape index (κ3) is 7.39. The first-order valence-electron chi connectivity index (χ1n) is 14.2. The van der Waals surface area contributed by atoms with Crippen LogP contribution < -0.4 is 24.4 Å². The summed E-state index contributed by atoms with van der Waals surface area (Å²) in [4.78, 5) is 6.31. The molecule has 2 saturated heterocycles. The number of fused-ring (bicyclic) bond motifs is 1. The molecular formula is C27H39N5O9S2. The number of pyridine rings is 1. The maximum atomic E-state index is 13.4. The highest BCUT2D eigenvalue weighted by atomic mass is 32.2. The van der Waals surface area contributed by atoms with Crippen molar-refractivity contribution in [3.8, 4) is 11.6 Å². The Bertz CT molecular complexity index is 1480. The molecule has 2 atom stereocenters. The molecule has 3 aliphatic heterocycles. The molecule has 0 aliphatic carbocycles.